The number of carboxylic acids is 1. The SMILES string of the molecule is CCN1c2ccccc2SC(C(=O)O)C1C. The first-order chi connectivity index (χ1) is 7.65. The van der Waals surface area contributed by atoms with E-state index in [1.165, 1.54) is 11.8 Å². The Hall–Kier alpha value is -1.16. The van der Waals surface area contributed by atoms with Gasteiger partial charge in [0, 0.05) is 17.5 Å². The lowest BCUT2D eigenvalue weighted by atomic mass is 10.1. The fourth-order valence-corrected chi connectivity index (χ4v) is 3.31. The summed E-state index contributed by atoms with van der Waals surface area (Å²) in [6.07, 6.45) is 0. The molecule has 1 aromatic carbocycles. The minimum atomic E-state index is -0.731. The molecule has 2 atom stereocenters. The highest BCUT2D eigenvalue weighted by Gasteiger charge is 2.35. The fraction of sp³-hybridized carbons (Fsp3) is 0.417. The van der Waals surface area contributed by atoms with Gasteiger partial charge >= 0.3 is 5.97 Å². The van der Waals surface area contributed by atoms with E-state index in [1.807, 2.05) is 25.1 Å². The standard InChI is InChI=1S/C12H15NO2S/c1-3-13-8(2)11(12(14)15)16-10-7-5-4-6-9(10)13/h4-8,11H,3H2,1-2H3,(H,14,15). The van der Waals surface area contributed by atoms with Gasteiger partial charge in [-0.15, -0.1) is 11.8 Å². The number of aliphatic carboxylic acids is 1. The molecule has 0 spiro atoms. The lowest BCUT2D eigenvalue weighted by Gasteiger charge is -2.39. The molecule has 2 rings (SSSR count). The highest BCUT2D eigenvalue weighted by molar-refractivity contribution is 8.00. The van der Waals surface area contributed by atoms with Crippen molar-refractivity contribution in [2.24, 2.45) is 0 Å². The summed E-state index contributed by atoms with van der Waals surface area (Å²) in [5.41, 5.74) is 1.15. The van der Waals surface area contributed by atoms with Crippen molar-refractivity contribution in [2.75, 3.05) is 11.4 Å². The highest BCUT2D eigenvalue weighted by atomic mass is 32.2. The minimum absolute atomic E-state index is 0.0300. The molecule has 0 aromatic heterocycles. The Morgan fingerprint density at radius 3 is 2.81 bits per heavy atom. The summed E-state index contributed by atoms with van der Waals surface area (Å²) in [7, 11) is 0. The molecule has 2 unspecified atom stereocenters. The second kappa shape index (κ2) is 4.37. The van der Waals surface area contributed by atoms with Crippen molar-refractivity contribution in [3.63, 3.8) is 0 Å². The zero-order valence-electron chi connectivity index (χ0n) is 9.38. The van der Waals surface area contributed by atoms with E-state index in [0.717, 1.165) is 17.1 Å². The monoisotopic (exact) mass is 237 g/mol. The van der Waals surface area contributed by atoms with Gasteiger partial charge in [-0.25, -0.2) is 0 Å². The van der Waals surface area contributed by atoms with Crippen molar-refractivity contribution in [1.29, 1.82) is 0 Å². The van der Waals surface area contributed by atoms with Crippen LogP contribution in [0.2, 0.25) is 0 Å². The van der Waals surface area contributed by atoms with Gasteiger partial charge in [0.25, 0.3) is 0 Å². The van der Waals surface area contributed by atoms with E-state index >= 15 is 0 Å². The largest absolute Gasteiger partial charge is 0.480 e. The number of carboxylic acid groups (broad SMARTS) is 1. The van der Waals surface area contributed by atoms with Crippen molar-refractivity contribution in [2.45, 2.75) is 30.0 Å². The number of thioether (sulfide) groups is 1. The van der Waals surface area contributed by atoms with E-state index in [9.17, 15) is 9.90 Å². The molecule has 86 valence electrons. The van der Waals surface area contributed by atoms with Crippen LogP contribution in [0.1, 0.15) is 13.8 Å². The summed E-state index contributed by atoms with van der Waals surface area (Å²) in [4.78, 5) is 14.4. The van der Waals surface area contributed by atoms with E-state index in [-0.39, 0.29) is 11.3 Å². The van der Waals surface area contributed by atoms with Crippen LogP contribution in [0.3, 0.4) is 0 Å². The molecule has 1 aliphatic rings. The third-order valence-electron chi connectivity index (χ3n) is 2.94. The minimum Gasteiger partial charge on any atom is -0.480 e. The van der Waals surface area contributed by atoms with Crippen LogP contribution in [0.15, 0.2) is 29.2 Å². The molecule has 16 heavy (non-hydrogen) atoms. The lowest BCUT2D eigenvalue weighted by molar-refractivity contribution is -0.136. The Balaban J connectivity index is 2.42. The predicted molar refractivity (Wildman–Crippen MR) is 66.2 cm³/mol. The zero-order chi connectivity index (χ0) is 11.7. The number of fused-ring (bicyclic) bond motifs is 1. The number of para-hydroxylation sites is 1. The number of anilines is 1. The van der Waals surface area contributed by atoms with Crippen molar-refractivity contribution in [3.8, 4) is 0 Å². The van der Waals surface area contributed by atoms with Gasteiger partial charge in [0.2, 0.25) is 0 Å². The predicted octanol–water partition coefficient (Wildman–Crippen LogP) is 2.46. The number of nitrogens with zero attached hydrogens (tertiary/aromatic N) is 1. The van der Waals surface area contributed by atoms with E-state index in [0.29, 0.717) is 0 Å². The van der Waals surface area contributed by atoms with Gasteiger partial charge in [-0.05, 0) is 26.0 Å². The molecule has 0 radical (unpaired) electrons. The van der Waals surface area contributed by atoms with Gasteiger partial charge in [-0.1, -0.05) is 12.1 Å². The molecule has 1 heterocycles. The summed E-state index contributed by atoms with van der Waals surface area (Å²) < 4.78 is 0. The van der Waals surface area contributed by atoms with E-state index in [4.69, 9.17) is 0 Å². The van der Waals surface area contributed by atoms with Gasteiger partial charge in [0.05, 0.1) is 5.69 Å². The summed E-state index contributed by atoms with van der Waals surface area (Å²) in [5.74, 6) is -0.731. The molecule has 3 nitrogen and oxygen atoms in total. The lowest BCUT2D eigenvalue weighted by Crippen LogP contribution is -2.46. The van der Waals surface area contributed by atoms with E-state index in [2.05, 4.69) is 17.9 Å². The topological polar surface area (TPSA) is 40.5 Å². The number of rotatable bonds is 2. The van der Waals surface area contributed by atoms with Gasteiger partial charge < -0.3 is 10.0 Å². The first-order valence-electron chi connectivity index (χ1n) is 5.40. The molecule has 1 aromatic rings. The highest BCUT2D eigenvalue weighted by Crippen LogP contribution is 2.41. The quantitative estimate of drug-likeness (QED) is 0.857. The summed E-state index contributed by atoms with van der Waals surface area (Å²) in [5, 5.41) is 8.82. The normalized spacial score (nSPS) is 24.0. The Bertz CT molecular complexity index is 408. The van der Waals surface area contributed by atoms with Crippen LogP contribution in [0, 0.1) is 0 Å². The third-order valence-corrected chi connectivity index (χ3v) is 4.39. The zero-order valence-corrected chi connectivity index (χ0v) is 10.2. The molecule has 0 bridgehead atoms. The van der Waals surface area contributed by atoms with Crippen LogP contribution in [0.4, 0.5) is 5.69 Å². The van der Waals surface area contributed by atoms with Crippen molar-refractivity contribution >= 4 is 23.4 Å². The smallest absolute Gasteiger partial charge is 0.319 e. The average Bonchev–Trinajstić information content (AvgIpc) is 2.28. The Kier molecular flexibility index (Phi) is 3.10. The van der Waals surface area contributed by atoms with Gasteiger partial charge in [0.1, 0.15) is 5.25 Å². The van der Waals surface area contributed by atoms with Crippen LogP contribution >= 0.6 is 11.8 Å². The molecular weight excluding hydrogens is 222 g/mol. The number of carbonyl (C=O) groups is 1. The number of hydrogen-bond donors (Lipinski definition) is 1. The van der Waals surface area contributed by atoms with Gasteiger partial charge in [-0.3, -0.25) is 4.79 Å². The second-order valence-corrected chi connectivity index (χ2v) is 5.05. The van der Waals surface area contributed by atoms with E-state index < -0.39 is 5.97 Å². The Labute approximate surface area is 99.5 Å². The molecule has 0 saturated carbocycles. The van der Waals surface area contributed by atoms with Crippen LogP contribution in [-0.2, 0) is 4.79 Å². The first kappa shape index (κ1) is 11.3. The van der Waals surface area contributed by atoms with E-state index in [1.54, 1.807) is 0 Å². The molecule has 1 aliphatic heterocycles. The van der Waals surface area contributed by atoms with Crippen LogP contribution < -0.4 is 4.90 Å². The van der Waals surface area contributed by atoms with Crippen LogP contribution in [0.25, 0.3) is 0 Å². The Morgan fingerprint density at radius 1 is 1.50 bits per heavy atom. The molecular formula is C12H15NO2S. The Morgan fingerprint density at radius 2 is 2.19 bits per heavy atom. The van der Waals surface area contributed by atoms with Gasteiger partial charge in [-0.2, -0.15) is 0 Å². The maximum Gasteiger partial charge on any atom is 0.319 e. The summed E-state index contributed by atoms with van der Waals surface area (Å²) >= 11 is 1.45. The third kappa shape index (κ3) is 1.78. The van der Waals surface area contributed by atoms with Crippen LogP contribution in [-0.4, -0.2) is 28.9 Å². The maximum absolute atomic E-state index is 11.2. The molecule has 0 amide bonds. The molecule has 0 saturated heterocycles. The first-order valence-corrected chi connectivity index (χ1v) is 6.28. The van der Waals surface area contributed by atoms with Crippen molar-refractivity contribution in [1.82, 2.24) is 0 Å². The summed E-state index contributed by atoms with van der Waals surface area (Å²) in [6, 6.07) is 8.03. The molecule has 1 N–H and O–H groups in total. The molecule has 4 heteroatoms. The molecule has 0 aliphatic carbocycles. The van der Waals surface area contributed by atoms with Crippen molar-refractivity contribution < 1.29 is 9.90 Å². The maximum atomic E-state index is 11.2. The second-order valence-electron chi connectivity index (χ2n) is 3.87. The molecule has 0 fully saturated rings. The number of hydrogen-bond acceptors (Lipinski definition) is 3. The van der Waals surface area contributed by atoms with Gasteiger partial charge in [0.15, 0.2) is 0 Å². The van der Waals surface area contributed by atoms with Crippen LogP contribution in [0.5, 0.6) is 0 Å². The van der Waals surface area contributed by atoms with Crippen molar-refractivity contribution in [3.05, 3.63) is 24.3 Å². The summed E-state index contributed by atoms with van der Waals surface area (Å²) in [6.45, 7) is 4.87. The fourth-order valence-electron chi connectivity index (χ4n) is 2.13. The number of benzene rings is 1. The average molecular weight is 237 g/mol.